The fourth-order valence-electron chi connectivity index (χ4n) is 2.32. The van der Waals surface area contributed by atoms with E-state index in [4.69, 9.17) is 4.74 Å². The first-order chi connectivity index (χ1) is 8.34. The lowest BCUT2D eigenvalue weighted by Crippen LogP contribution is -2.30. The minimum atomic E-state index is 0.315. The van der Waals surface area contributed by atoms with Crippen LogP contribution in [0.15, 0.2) is 23.7 Å². The highest BCUT2D eigenvalue weighted by atomic mass is 32.1. The van der Waals surface area contributed by atoms with Crippen LogP contribution >= 0.6 is 11.3 Å². The van der Waals surface area contributed by atoms with Crippen molar-refractivity contribution in [2.45, 2.75) is 31.9 Å². The van der Waals surface area contributed by atoms with Gasteiger partial charge in [0.2, 0.25) is 0 Å². The molecule has 1 aliphatic heterocycles. The van der Waals surface area contributed by atoms with Gasteiger partial charge in [-0.25, -0.2) is 4.98 Å². The summed E-state index contributed by atoms with van der Waals surface area (Å²) in [5.74, 6) is 0.978. The molecule has 3 heterocycles. The summed E-state index contributed by atoms with van der Waals surface area (Å²) in [5.41, 5.74) is 0. The summed E-state index contributed by atoms with van der Waals surface area (Å²) in [6.45, 7) is 3.07. The molecule has 1 aliphatic rings. The number of fused-ring (bicyclic) bond motifs is 1. The molecule has 1 saturated heterocycles. The molecule has 2 aromatic heterocycles. The van der Waals surface area contributed by atoms with E-state index in [2.05, 4.69) is 34.7 Å². The zero-order valence-electron chi connectivity index (χ0n) is 9.85. The predicted molar refractivity (Wildman–Crippen MR) is 71.7 cm³/mol. The van der Waals surface area contributed by atoms with Gasteiger partial charge < -0.3 is 10.1 Å². The van der Waals surface area contributed by atoms with Crippen molar-refractivity contribution in [3.63, 3.8) is 0 Å². The van der Waals surface area contributed by atoms with E-state index < -0.39 is 0 Å². The summed E-state index contributed by atoms with van der Waals surface area (Å²) in [7, 11) is 0. The fourth-order valence-corrected chi connectivity index (χ4v) is 3.10. The van der Waals surface area contributed by atoms with Crippen LogP contribution in [0.25, 0.3) is 10.1 Å². The molecule has 0 amide bonds. The molecule has 0 aromatic carbocycles. The van der Waals surface area contributed by atoms with E-state index in [1.54, 1.807) is 11.3 Å². The van der Waals surface area contributed by atoms with Gasteiger partial charge in [0.1, 0.15) is 5.82 Å². The Morgan fingerprint density at radius 1 is 1.53 bits per heavy atom. The summed E-state index contributed by atoms with van der Waals surface area (Å²) >= 11 is 1.75. The maximum atomic E-state index is 5.69. The van der Waals surface area contributed by atoms with Crippen LogP contribution in [0.4, 0.5) is 5.82 Å². The molecule has 0 aliphatic carbocycles. The van der Waals surface area contributed by atoms with Crippen molar-refractivity contribution < 1.29 is 4.74 Å². The largest absolute Gasteiger partial charge is 0.376 e. The molecule has 90 valence electrons. The van der Waals surface area contributed by atoms with Crippen LogP contribution in [0.1, 0.15) is 19.8 Å². The molecular formula is C13H16N2OS. The van der Waals surface area contributed by atoms with E-state index in [0.717, 1.165) is 18.8 Å². The molecule has 4 heteroatoms. The van der Waals surface area contributed by atoms with Gasteiger partial charge in [0.25, 0.3) is 0 Å². The number of nitrogens with one attached hydrogen (secondary N) is 1. The van der Waals surface area contributed by atoms with Gasteiger partial charge in [-0.1, -0.05) is 0 Å². The fraction of sp³-hybridized carbons (Fsp3) is 0.462. The number of rotatable bonds is 3. The van der Waals surface area contributed by atoms with Crippen molar-refractivity contribution in [2.75, 3.05) is 11.9 Å². The van der Waals surface area contributed by atoms with Crippen LogP contribution in [0.5, 0.6) is 0 Å². The van der Waals surface area contributed by atoms with Gasteiger partial charge in [-0.05, 0) is 37.3 Å². The highest BCUT2D eigenvalue weighted by molar-refractivity contribution is 7.17. The molecule has 0 radical (unpaired) electrons. The first-order valence-corrected chi connectivity index (χ1v) is 6.93. The van der Waals surface area contributed by atoms with Gasteiger partial charge >= 0.3 is 0 Å². The number of hydrogen-bond donors (Lipinski definition) is 1. The van der Waals surface area contributed by atoms with E-state index in [0.29, 0.717) is 12.1 Å². The second-order valence-corrected chi connectivity index (χ2v) is 5.42. The first-order valence-electron chi connectivity index (χ1n) is 6.05. The minimum Gasteiger partial charge on any atom is -0.376 e. The Bertz CT molecular complexity index is 505. The maximum Gasteiger partial charge on any atom is 0.134 e. The Balaban J connectivity index is 1.81. The van der Waals surface area contributed by atoms with Gasteiger partial charge in [0, 0.05) is 22.9 Å². The average Bonchev–Trinajstić information content (AvgIpc) is 3.00. The quantitative estimate of drug-likeness (QED) is 0.905. The van der Waals surface area contributed by atoms with Crippen LogP contribution in [0.3, 0.4) is 0 Å². The Hall–Kier alpha value is -1.13. The summed E-state index contributed by atoms with van der Waals surface area (Å²) in [6.07, 6.45) is 4.51. The van der Waals surface area contributed by atoms with Crippen molar-refractivity contribution in [1.29, 1.82) is 0 Å². The Kier molecular flexibility index (Phi) is 2.99. The van der Waals surface area contributed by atoms with Gasteiger partial charge in [-0.15, -0.1) is 11.3 Å². The van der Waals surface area contributed by atoms with Crippen molar-refractivity contribution in [3.05, 3.63) is 23.7 Å². The number of anilines is 1. The average molecular weight is 248 g/mol. The van der Waals surface area contributed by atoms with Crippen LogP contribution < -0.4 is 5.32 Å². The van der Waals surface area contributed by atoms with Gasteiger partial charge in [0.05, 0.1) is 12.1 Å². The molecule has 2 atom stereocenters. The second kappa shape index (κ2) is 4.63. The SMILES string of the molecule is CC(Nc1nccc2sccc12)C1CCCO1. The van der Waals surface area contributed by atoms with Gasteiger partial charge in [0.15, 0.2) is 0 Å². The van der Waals surface area contributed by atoms with Gasteiger partial charge in [-0.2, -0.15) is 0 Å². The second-order valence-electron chi connectivity index (χ2n) is 4.48. The topological polar surface area (TPSA) is 34.2 Å². The third-order valence-corrected chi connectivity index (χ3v) is 4.15. The summed E-state index contributed by atoms with van der Waals surface area (Å²) in [5, 5.41) is 6.80. The Morgan fingerprint density at radius 3 is 3.29 bits per heavy atom. The summed E-state index contributed by atoms with van der Waals surface area (Å²) in [4.78, 5) is 4.43. The molecule has 0 spiro atoms. The number of nitrogens with zero attached hydrogens (tertiary/aromatic N) is 1. The lowest BCUT2D eigenvalue weighted by molar-refractivity contribution is 0.0996. The predicted octanol–water partition coefficient (Wildman–Crippen LogP) is 3.28. The van der Waals surface area contributed by atoms with E-state index in [1.165, 1.54) is 16.5 Å². The molecule has 2 unspecified atom stereocenters. The van der Waals surface area contributed by atoms with Crippen LogP contribution in [-0.4, -0.2) is 23.7 Å². The first kappa shape index (κ1) is 11.0. The molecule has 0 saturated carbocycles. The van der Waals surface area contributed by atoms with Crippen LogP contribution in [0, 0.1) is 0 Å². The van der Waals surface area contributed by atoms with E-state index in [-0.39, 0.29) is 0 Å². The monoisotopic (exact) mass is 248 g/mol. The molecule has 3 nitrogen and oxygen atoms in total. The zero-order valence-corrected chi connectivity index (χ0v) is 10.7. The lowest BCUT2D eigenvalue weighted by atomic mass is 10.1. The molecule has 1 fully saturated rings. The van der Waals surface area contributed by atoms with E-state index in [1.807, 2.05) is 6.20 Å². The molecule has 2 aromatic rings. The number of ether oxygens (including phenoxy) is 1. The number of thiophene rings is 1. The van der Waals surface area contributed by atoms with Crippen molar-refractivity contribution in [3.8, 4) is 0 Å². The molecule has 3 rings (SSSR count). The lowest BCUT2D eigenvalue weighted by Gasteiger charge is -2.20. The third-order valence-electron chi connectivity index (χ3n) is 3.27. The highest BCUT2D eigenvalue weighted by Crippen LogP contribution is 2.27. The summed E-state index contributed by atoms with van der Waals surface area (Å²) < 4.78 is 6.97. The zero-order chi connectivity index (χ0) is 11.7. The number of hydrogen-bond acceptors (Lipinski definition) is 4. The molecule has 1 N–H and O–H groups in total. The minimum absolute atomic E-state index is 0.315. The molecule has 0 bridgehead atoms. The van der Waals surface area contributed by atoms with E-state index in [9.17, 15) is 0 Å². The van der Waals surface area contributed by atoms with Crippen molar-refractivity contribution in [1.82, 2.24) is 4.98 Å². The smallest absolute Gasteiger partial charge is 0.134 e. The Labute approximate surface area is 105 Å². The molecule has 17 heavy (non-hydrogen) atoms. The van der Waals surface area contributed by atoms with E-state index >= 15 is 0 Å². The summed E-state index contributed by atoms with van der Waals surface area (Å²) in [6, 6.07) is 4.50. The maximum absolute atomic E-state index is 5.69. The standard InChI is InChI=1S/C13H16N2OS/c1-9(11-3-2-7-16-11)15-13-10-5-8-17-12(10)4-6-14-13/h4-6,8-9,11H,2-3,7H2,1H3,(H,14,15). The van der Waals surface area contributed by atoms with Crippen molar-refractivity contribution >= 4 is 27.2 Å². The number of pyridine rings is 1. The highest BCUT2D eigenvalue weighted by Gasteiger charge is 2.22. The van der Waals surface area contributed by atoms with Crippen LogP contribution in [0.2, 0.25) is 0 Å². The normalized spacial score (nSPS) is 21.8. The van der Waals surface area contributed by atoms with Crippen LogP contribution in [-0.2, 0) is 4.74 Å². The van der Waals surface area contributed by atoms with Gasteiger partial charge in [-0.3, -0.25) is 0 Å². The molecular weight excluding hydrogens is 232 g/mol. The Morgan fingerprint density at radius 2 is 2.47 bits per heavy atom. The van der Waals surface area contributed by atoms with Crippen molar-refractivity contribution in [2.24, 2.45) is 0 Å². The third kappa shape index (κ3) is 2.15. The number of aromatic nitrogens is 1.